The fourth-order valence-corrected chi connectivity index (χ4v) is 7.36. The average Bonchev–Trinajstić information content (AvgIpc) is 3.60. The van der Waals surface area contributed by atoms with Gasteiger partial charge < -0.3 is 15.0 Å². The molecule has 9 heteroatoms. The van der Waals surface area contributed by atoms with Crippen LogP contribution in [0.4, 0.5) is 5.69 Å². The smallest absolute Gasteiger partial charge is 0.264 e. The maximum absolute atomic E-state index is 14.6. The molecule has 1 atom stereocenters. The number of nitrogens with zero attached hydrogens (tertiary/aromatic N) is 2. The largest absolute Gasteiger partial charge is 0.494 e. The third kappa shape index (κ3) is 8.80. The number of benzene rings is 4. The van der Waals surface area contributed by atoms with Crippen molar-refractivity contribution in [3.05, 3.63) is 126 Å². The highest BCUT2D eigenvalue weighted by molar-refractivity contribution is 7.92. The number of ether oxygens (including phenoxy) is 1. The third-order valence-corrected chi connectivity index (χ3v) is 10.3. The molecule has 0 radical (unpaired) electrons. The molecule has 4 aromatic carbocycles. The SMILES string of the molecule is CCOc1ccc(N(CC(=O)N(Cc2ccccc2)[C@@H](Cc2ccccc2)C(=O)NC2CCCC2)S(=O)(=O)c2ccc(C)cc2)cc1. The Bertz CT molecular complexity index is 1710. The van der Waals surface area contributed by atoms with Crippen molar-refractivity contribution in [2.24, 2.45) is 0 Å². The number of sulfonamides is 1. The average molecular weight is 654 g/mol. The Balaban J connectivity index is 1.55. The summed E-state index contributed by atoms with van der Waals surface area (Å²) in [5.74, 6) is -0.132. The summed E-state index contributed by atoms with van der Waals surface area (Å²) in [5.41, 5.74) is 2.97. The second kappa shape index (κ2) is 15.8. The third-order valence-electron chi connectivity index (χ3n) is 8.49. The lowest BCUT2D eigenvalue weighted by molar-refractivity contribution is -0.140. The zero-order valence-corrected chi connectivity index (χ0v) is 27.9. The Labute approximate surface area is 278 Å². The van der Waals surface area contributed by atoms with Crippen molar-refractivity contribution in [2.45, 2.75) is 69.5 Å². The van der Waals surface area contributed by atoms with Crippen molar-refractivity contribution in [3.63, 3.8) is 0 Å². The minimum atomic E-state index is -4.18. The van der Waals surface area contributed by atoms with E-state index in [4.69, 9.17) is 4.74 Å². The van der Waals surface area contributed by atoms with Gasteiger partial charge in [0, 0.05) is 19.0 Å². The molecular formula is C38H43N3O5S. The lowest BCUT2D eigenvalue weighted by atomic mass is 10.0. The van der Waals surface area contributed by atoms with Crippen LogP contribution in [0.3, 0.4) is 0 Å². The molecule has 0 saturated heterocycles. The number of amides is 2. The number of anilines is 1. The standard InChI is InChI=1S/C38H43N3O5S/c1-3-46-34-22-20-33(21-23-34)41(47(44,45)35-24-18-29(2)19-25-35)28-37(42)40(27-31-14-8-5-9-15-31)36(26-30-12-6-4-7-13-30)38(43)39-32-16-10-11-17-32/h4-9,12-15,18-25,32,36H,3,10-11,16-17,26-28H2,1-2H3,(H,39,43)/t36-/m0/s1. The van der Waals surface area contributed by atoms with Crippen LogP contribution in [0.25, 0.3) is 0 Å². The van der Waals surface area contributed by atoms with Gasteiger partial charge in [0.2, 0.25) is 11.8 Å². The first-order chi connectivity index (χ1) is 22.7. The molecule has 1 saturated carbocycles. The van der Waals surface area contributed by atoms with E-state index in [0.717, 1.165) is 46.7 Å². The Morgan fingerprint density at radius 2 is 1.43 bits per heavy atom. The molecular weight excluding hydrogens is 611 g/mol. The molecule has 1 fully saturated rings. The van der Waals surface area contributed by atoms with Gasteiger partial charge in [-0.1, -0.05) is 91.2 Å². The van der Waals surface area contributed by atoms with Gasteiger partial charge in [-0.3, -0.25) is 13.9 Å². The molecule has 0 aliphatic heterocycles. The molecule has 47 heavy (non-hydrogen) atoms. The summed E-state index contributed by atoms with van der Waals surface area (Å²) in [6.07, 6.45) is 4.18. The first-order valence-electron chi connectivity index (χ1n) is 16.2. The van der Waals surface area contributed by atoms with E-state index in [0.29, 0.717) is 18.0 Å². The zero-order valence-electron chi connectivity index (χ0n) is 27.0. The molecule has 0 aromatic heterocycles. The first-order valence-corrected chi connectivity index (χ1v) is 17.7. The van der Waals surface area contributed by atoms with Crippen molar-refractivity contribution in [1.82, 2.24) is 10.2 Å². The second-order valence-corrected chi connectivity index (χ2v) is 13.8. The van der Waals surface area contributed by atoms with E-state index in [1.165, 1.54) is 0 Å². The van der Waals surface area contributed by atoms with Crippen LogP contribution >= 0.6 is 0 Å². The van der Waals surface area contributed by atoms with Gasteiger partial charge in [-0.05, 0) is 74.2 Å². The molecule has 0 unspecified atom stereocenters. The summed E-state index contributed by atoms with van der Waals surface area (Å²) in [7, 11) is -4.18. The molecule has 8 nitrogen and oxygen atoms in total. The molecule has 2 amide bonds. The van der Waals surface area contributed by atoms with Crippen LogP contribution in [-0.4, -0.2) is 50.4 Å². The van der Waals surface area contributed by atoms with Crippen molar-refractivity contribution < 1.29 is 22.7 Å². The second-order valence-electron chi connectivity index (χ2n) is 12.0. The van der Waals surface area contributed by atoms with E-state index >= 15 is 0 Å². The maximum atomic E-state index is 14.6. The Kier molecular flexibility index (Phi) is 11.3. The zero-order chi connectivity index (χ0) is 33.2. The van der Waals surface area contributed by atoms with Gasteiger partial charge in [0.25, 0.3) is 10.0 Å². The van der Waals surface area contributed by atoms with Gasteiger partial charge in [0.15, 0.2) is 0 Å². The topological polar surface area (TPSA) is 96.0 Å². The van der Waals surface area contributed by atoms with E-state index in [-0.39, 0.29) is 29.8 Å². The van der Waals surface area contributed by atoms with Gasteiger partial charge in [-0.25, -0.2) is 8.42 Å². The molecule has 0 heterocycles. The number of carbonyl (C=O) groups is 2. The van der Waals surface area contributed by atoms with E-state index in [1.54, 1.807) is 53.4 Å². The fraction of sp³-hybridized carbons (Fsp3) is 0.316. The van der Waals surface area contributed by atoms with Gasteiger partial charge in [0.05, 0.1) is 17.2 Å². The van der Waals surface area contributed by atoms with Gasteiger partial charge in [0.1, 0.15) is 18.3 Å². The molecule has 1 aliphatic rings. The highest BCUT2D eigenvalue weighted by Crippen LogP contribution is 2.27. The van der Waals surface area contributed by atoms with Gasteiger partial charge >= 0.3 is 0 Å². The van der Waals surface area contributed by atoms with Crippen LogP contribution in [0.15, 0.2) is 114 Å². The Morgan fingerprint density at radius 3 is 2.02 bits per heavy atom. The monoisotopic (exact) mass is 653 g/mol. The summed E-state index contributed by atoms with van der Waals surface area (Å²) < 4.78 is 35.2. The summed E-state index contributed by atoms with van der Waals surface area (Å²) in [5, 5.41) is 3.21. The number of carbonyl (C=O) groups excluding carboxylic acids is 2. The van der Waals surface area contributed by atoms with Crippen molar-refractivity contribution >= 4 is 27.5 Å². The predicted octanol–water partition coefficient (Wildman–Crippen LogP) is 6.29. The highest BCUT2D eigenvalue weighted by atomic mass is 32.2. The molecule has 246 valence electrons. The van der Waals surface area contributed by atoms with Crippen molar-refractivity contribution in [1.29, 1.82) is 0 Å². The van der Waals surface area contributed by atoms with E-state index in [9.17, 15) is 18.0 Å². The van der Waals surface area contributed by atoms with E-state index in [2.05, 4.69) is 5.32 Å². The van der Waals surface area contributed by atoms with Crippen LogP contribution in [0.1, 0.15) is 49.3 Å². The quantitative estimate of drug-likeness (QED) is 0.173. The van der Waals surface area contributed by atoms with E-state index < -0.39 is 28.5 Å². The minimum Gasteiger partial charge on any atom is -0.494 e. The summed E-state index contributed by atoms with van der Waals surface area (Å²) in [4.78, 5) is 30.3. The van der Waals surface area contributed by atoms with Crippen molar-refractivity contribution in [2.75, 3.05) is 17.5 Å². The van der Waals surface area contributed by atoms with Crippen LogP contribution in [0.5, 0.6) is 5.75 Å². The summed E-state index contributed by atoms with van der Waals surface area (Å²) in [6.45, 7) is 3.85. The number of hydrogen-bond donors (Lipinski definition) is 1. The highest BCUT2D eigenvalue weighted by Gasteiger charge is 2.35. The van der Waals surface area contributed by atoms with Crippen LogP contribution in [0, 0.1) is 6.92 Å². The van der Waals surface area contributed by atoms with Crippen LogP contribution < -0.4 is 14.4 Å². The van der Waals surface area contributed by atoms with Crippen molar-refractivity contribution in [3.8, 4) is 5.75 Å². The fourth-order valence-electron chi connectivity index (χ4n) is 5.94. The maximum Gasteiger partial charge on any atom is 0.264 e. The summed E-state index contributed by atoms with van der Waals surface area (Å²) >= 11 is 0. The number of hydrogen-bond acceptors (Lipinski definition) is 5. The lowest BCUT2D eigenvalue weighted by Crippen LogP contribution is -2.54. The predicted molar refractivity (Wildman–Crippen MR) is 185 cm³/mol. The molecule has 5 rings (SSSR count). The molecule has 0 bridgehead atoms. The van der Waals surface area contributed by atoms with E-state index in [1.807, 2.05) is 74.5 Å². The molecule has 1 aliphatic carbocycles. The number of rotatable bonds is 14. The Hall–Kier alpha value is -4.63. The number of nitrogens with one attached hydrogen (secondary N) is 1. The lowest BCUT2D eigenvalue weighted by Gasteiger charge is -2.34. The Morgan fingerprint density at radius 1 is 0.830 bits per heavy atom. The summed E-state index contributed by atoms with van der Waals surface area (Å²) in [6, 6.07) is 31.5. The number of aryl methyl sites for hydroxylation is 1. The minimum absolute atomic E-state index is 0.0525. The molecule has 4 aromatic rings. The molecule has 1 N–H and O–H groups in total. The molecule has 0 spiro atoms. The van der Waals surface area contributed by atoms with Crippen LogP contribution in [0.2, 0.25) is 0 Å². The normalized spacial score (nSPS) is 13.9. The van der Waals surface area contributed by atoms with Gasteiger partial charge in [-0.15, -0.1) is 0 Å². The van der Waals surface area contributed by atoms with Gasteiger partial charge in [-0.2, -0.15) is 0 Å². The van der Waals surface area contributed by atoms with Crippen LogP contribution in [-0.2, 0) is 32.6 Å². The first kappa shape index (κ1) is 33.7.